The molecule has 2 aromatic heterocycles. The minimum Gasteiger partial charge on any atom is -0.420 e. The Bertz CT molecular complexity index is 481. The zero-order valence-corrected chi connectivity index (χ0v) is 11.3. The van der Waals surface area contributed by atoms with Gasteiger partial charge in [0.1, 0.15) is 0 Å². The lowest BCUT2D eigenvalue weighted by molar-refractivity contribution is 0.485. The first-order valence-electron chi connectivity index (χ1n) is 5.46. The molecule has 0 amide bonds. The molecule has 2 aromatic rings. The average molecular weight is 272 g/mol. The summed E-state index contributed by atoms with van der Waals surface area (Å²) in [6, 6.07) is 4.18. The van der Waals surface area contributed by atoms with E-state index in [1.165, 1.54) is 11.3 Å². The van der Waals surface area contributed by atoms with Crippen LogP contribution in [0.1, 0.15) is 19.7 Å². The highest BCUT2D eigenvalue weighted by molar-refractivity contribution is 7.19. The standard InChI is InChI=1S/C11H14ClN3OS/c1-7(2)13-6-5-10-14-15-11(16-10)8-3-4-9(12)17-8/h3-4,7,13H,5-6H2,1-2H3. The van der Waals surface area contributed by atoms with Gasteiger partial charge >= 0.3 is 0 Å². The number of thiophene rings is 1. The van der Waals surface area contributed by atoms with Crippen LogP contribution in [0.15, 0.2) is 16.5 Å². The molecule has 0 aliphatic carbocycles. The van der Waals surface area contributed by atoms with Crippen molar-refractivity contribution in [1.82, 2.24) is 15.5 Å². The zero-order chi connectivity index (χ0) is 12.3. The van der Waals surface area contributed by atoms with Crippen molar-refractivity contribution in [2.75, 3.05) is 6.54 Å². The van der Waals surface area contributed by atoms with E-state index < -0.39 is 0 Å². The second kappa shape index (κ2) is 5.62. The van der Waals surface area contributed by atoms with Gasteiger partial charge in [-0.05, 0) is 12.1 Å². The molecular formula is C11H14ClN3OS. The van der Waals surface area contributed by atoms with E-state index in [1.807, 2.05) is 12.1 Å². The third-order valence-electron chi connectivity index (χ3n) is 2.14. The van der Waals surface area contributed by atoms with Crippen LogP contribution in [0.2, 0.25) is 4.34 Å². The molecule has 2 rings (SSSR count). The molecule has 0 saturated carbocycles. The van der Waals surface area contributed by atoms with Crippen molar-refractivity contribution in [1.29, 1.82) is 0 Å². The number of aromatic nitrogens is 2. The smallest absolute Gasteiger partial charge is 0.257 e. The van der Waals surface area contributed by atoms with Crippen molar-refractivity contribution in [2.45, 2.75) is 26.3 Å². The molecule has 0 aliphatic heterocycles. The molecule has 92 valence electrons. The quantitative estimate of drug-likeness (QED) is 0.908. The molecule has 0 saturated heterocycles. The van der Waals surface area contributed by atoms with Crippen molar-refractivity contribution in [3.8, 4) is 10.8 Å². The van der Waals surface area contributed by atoms with Crippen LogP contribution >= 0.6 is 22.9 Å². The zero-order valence-electron chi connectivity index (χ0n) is 9.74. The van der Waals surface area contributed by atoms with Gasteiger partial charge in [-0.15, -0.1) is 21.5 Å². The molecule has 4 nitrogen and oxygen atoms in total. The van der Waals surface area contributed by atoms with Crippen LogP contribution in [0.3, 0.4) is 0 Å². The predicted octanol–water partition coefficient (Wildman–Crippen LogP) is 2.99. The van der Waals surface area contributed by atoms with Gasteiger partial charge in [-0.25, -0.2) is 0 Å². The number of hydrogen-bond acceptors (Lipinski definition) is 5. The van der Waals surface area contributed by atoms with E-state index in [1.54, 1.807) is 0 Å². The van der Waals surface area contributed by atoms with Crippen molar-refractivity contribution >= 4 is 22.9 Å². The summed E-state index contributed by atoms with van der Waals surface area (Å²) in [5.74, 6) is 1.19. The van der Waals surface area contributed by atoms with Gasteiger partial charge in [0.15, 0.2) is 0 Å². The number of halogens is 1. The Balaban J connectivity index is 1.96. The molecule has 1 N–H and O–H groups in total. The third-order valence-corrected chi connectivity index (χ3v) is 3.36. The van der Waals surface area contributed by atoms with Gasteiger partial charge in [-0.3, -0.25) is 0 Å². The van der Waals surface area contributed by atoms with Gasteiger partial charge in [-0.1, -0.05) is 25.4 Å². The van der Waals surface area contributed by atoms with Crippen LogP contribution in [-0.4, -0.2) is 22.8 Å². The molecule has 0 radical (unpaired) electrons. The first-order chi connectivity index (χ1) is 8.15. The van der Waals surface area contributed by atoms with Gasteiger partial charge in [-0.2, -0.15) is 0 Å². The Morgan fingerprint density at radius 3 is 2.88 bits per heavy atom. The van der Waals surface area contributed by atoms with Crippen LogP contribution in [0.4, 0.5) is 0 Å². The Kier molecular flexibility index (Phi) is 4.15. The summed E-state index contributed by atoms with van der Waals surface area (Å²) < 4.78 is 6.28. The summed E-state index contributed by atoms with van der Waals surface area (Å²) in [6.07, 6.45) is 0.740. The van der Waals surface area contributed by atoms with Crippen molar-refractivity contribution in [3.05, 3.63) is 22.4 Å². The second-order valence-corrected chi connectivity index (χ2v) is 5.68. The lowest BCUT2D eigenvalue weighted by Gasteiger charge is -2.04. The monoisotopic (exact) mass is 271 g/mol. The van der Waals surface area contributed by atoms with Crippen LogP contribution in [-0.2, 0) is 6.42 Å². The fourth-order valence-electron chi connectivity index (χ4n) is 1.35. The normalized spacial score (nSPS) is 11.3. The van der Waals surface area contributed by atoms with Crippen LogP contribution in [0.25, 0.3) is 10.8 Å². The summed E-state index contributed by atoms with van der Waals surface area (Å²) >= 11 is 7.29. The van der Waals surface area contributed by atoms with Gasteiger partial charge in [0, 0.05) is 19.0 Å². The summed E-state index contributed by atoms with van der Waals surface area (Å²) in [6.45, 7) is 5.05. The summed E-state index contributed by atoms with van der Waals surface area (Å²) in [4.78, 5) is 0.908. The highest BCUT2D eigenvalue weighted by Crippen LogP contribution is 2.29. The second-order valence-electron chi connectivity index (χ2n) is 3.96. The molecule has 0 unspecified atom stereocenters. The highest BCUT2D eigenvalue weighted by Gasteiger charge is 2.10. The average Bonchev–Trinajstić information content (AvgIpc) is 2.86. The SMILES string of the molecule is CC(C)NCCc1nnc(-c2ccc(Cl)s2)o1. The fourth-order valence-corrected chi connectivity index (χ4v) is 2.32. The molecule has 0 aromatic carbocycles. The van der Waals surface area contributed by atoms with Gasteiger partial charge in [0.2, 0.25) is 5.89 Å². The van der Waals surface area contributed by atoms with Crippen molar-refractivity contribution < 1.29 is 4.42 Å². The predicted molar refractivity (Wildman–Crippen MR) is 69.5 cm³/mol. The summed E-state index contributed by atoms with van der Waals surface area (Å²) in [5.41, 5.74) is 0. The van der Waals surface area contributed by atoms with Crippen molar-refractivity contribution in [2.24, 2.45) is 0 Å². The molecular weight excluding hydrogens is 258 g/mol. The summed E-state index contributed by atoms with van der Waals surface area (Å²) in [5, 5.41) is 11.3. The number of hydrogen-bond donors (Lipinski definition) is 1. The Labute approximate surface area is 109 Å². The van der Waals surface area contributed by atoms with Gasteiger partial charge in [0.25, 0.3) is 5.89 Å². The molecule has 0 spiro atoms. The van der Waals surface area contributed by atoms with E-state index in [9.17, 15) is 0 Å². The maximum absolute atomic E-state index is 5.85. The molecule has 0 fully saturated rings. The maximum Gasteiger partial charge on any atom is 0.257 e. The maximum atomic E-state index is 5.85. The third kappa shape index (κ3) is 3.52. The number of nitrogens with one attached hydrogen (secondary N) is 1. The highest BCUT2D eigenvalue weighted by atomic mass is 35.5. The molecule has 6 heteroatoms. The molecule has 2 heterocycles. The Hall–Kier alpha value is -0.910. The lowest BCUT2D eigenvalue weighted by atomic mass is 10.3. The largest absolute Gasteiger partial charge is 0.420 e. The molecule has 17 heavy (non-hydrogen) atoms. The summed E-state index contributed by atoms with van der Waals surface area (Å²) in [7, 11) is 0. The number of rotatable bonds is 5. The molecule has 0 bridgehead atoms. The Morgan fingerprint density at radius 1 is 1.41 bits per heavy atom. The van der Waals surface area contributed by atoms with Gasteiger partial charge in [0.05, 0.1) is 9.21 Å². The topological polar surface area (TPSA) is 51.0 Å². The number of nitrogens with zero attached hydrogens (tertiary/aromatic N) is 2. The van der Waals surface area contributed by atoms with E-state index in [2.05, 4.69) is 29.4 Å². The first kappa shape index (κ1) is 12.5. The van der Waals surface area contributed by atoms with Crippen LogP contribution in [0, 0.1) is 0 Å². The van der Waals surface area contributed by atoms with E-state index >= 15 is 0 Å². The van der Waals surface area contributed by atoms with Crippen LogP contribution < -0.4 is 5.32 Å². The molecule has 0 aliphatic rings. The minimum absolute atomic E-state index is 0.466. The minimum atomic E-state index is 0.466. The fraction of sp³-hybridized carbons (Fsp3) is 0.455. The van der Waals surface area contributed by atoms with Crippen molar-refractivity contribution in [3.63, 3.8) is 0 Å². The van der Waals surface area contributed by atoms with Gasteiger partial charge < -0.3 is 9.73 Å². The first-order valence-corrected chi connectivity index (χ1v) is 6.66. The van der Waals surface area contributed by atoms with E-state index in [0.29, 0.717) is 17.8 Å². The molecule has 0 atom stereocenters. The van der Waals surface area contributed by atoms with Crippen LogP contribution in [0.5, 0.6) is 0 Å². The Morgan fingerprint density at radius 2 is 2.24 bits per heavy atom. The van der Waals surface area contributed by atoms with E-state index in [4.69, 9.17) is 16.0 Å². The van der Waals surface area contributed by atoms with E-state index in [0.717, 1.165) is 22.2 Å². The lowest BCUT2D eigenvalue weighted by Crippen LogP contribution is -2.25. The van der Waals surface area contributed by atoms with E-state index in [-0.39, 0.29) is 0 Å².